The monoisotopic (exact) mass is 406 g/mol. The van der Waals surface area contributed by atoms with Crippen LogP contribution >= 0.6 is 0 Å². The van der Waals surface area contributed by atoms with Gasteiger partial charge in [-0.3, -0.25) is 19.8 Å². The highest BCUT2D eigenvalue weighted by Crippen LogP contribution is 2.31. The van der Waals surface area contributed by atoms with Gasteiger partial charge in [-0.1, -0.05) is 78.9 Å². The number of carbonyl (C=O) groups is 3. The molecule has 31 heavy (non-hydrogen) atoms. The fourth-order valence-electron chi connectivity index (χ4n) is 3.95. The number of carbonyl (C=O) groups excluding carboxylic acids is 3. The van der Waals surface area contributed by atoms with E-state index in [9.17, 15) is 14.4 Å². The Morgan fingerprint density at radius 1 is 0.742 bits per heavy atom. The lowest BCUT2D eigenvalue weighted by Crippen LogP contribution is -2.53. The van der Waals surface area contributed by atoms with Crippen LogP contribution in [-0.4, -0.2) is 22.7 Å². The molecule has 1 heterocycles. The van der Waals surface area contributed by atoms with Crippen LogP contribution < -0.4 is 5.32 Å². The standard InChI is InChI=1S/C26H18N2O3/c29-24-23(25(30)28(26(31)27-24)16-17-8-2-1-3-9-17)15-22-20-12-6-4-10-18(20)14-19-11-5-7-13-21(19)22/h1-15H,16H2,(H,27,29,31)/b23-15-. The van der Waals surface area contributed by atoms with Gasteiger partial charge in [-0.05, 0) is 44.8 Å². The summed E-state index contributed by atoms with van der Waals surface area (Å²) in [4.78, 5) is 39.3. The molecule has 1 N–H and O–H groups in total. The SMILES string of the molecule is O=C1NC(=O)N(Cc2ccccc2)C(=O)/C1=C\c1c2ccccc2cc2ccccc12. The van der Waals surface area contributed by atoms with E-state index in [4.69, 9.17) is 0 Å². The molecule has 0 aliphatic carbocycles. The molecule has 0 atom stereocenters. The van der Waals surface area contributed by atoms with Gasteiger partial charge < -0.3 is 0 Å². The highest BCUT2D eigenvalue weighted by Gasteiger charge is 2.35. The van der Waals surface area contributed by atoms with E-state index in [1.165, 1.54) is 0 Å². The third kappa shape index (κ3) is 3.36. The Morgan fingerprint density at radius 2 is 1.32 bits per heavy atom. The zero-order chi connectivity index (χ0) is 21.4. The van der Waals surface area contributed by atoms with Gasteiger partial charge in [0.2, 0.25) is 0 Å². The Hall–Kier alpha value is -4.25. The summed E-state index contributed by atoms with van der Waals surface area (Å²) >= 11 is 0. The van der Waals surface area contributed by atoms with Crippen molar-refractivity contribution in [2.45, 2.75) is 6.54 Å². The molecule has 5 heteroatoms. The average Bonchev–Trinajstić information content (AvgIpc) is 2.79. The maximum absolute atomic E-state index is 13.2. The number of urea groups is 1. The number of imide groups is 2. The Bertz CT molecular complexity index is 1340. The first-order valence-corrected chi connectivity index (χ1v) is 9.95. The second-order valence-corrected chi connectivity index (χ2v) is 7.43. The molecule has 5 nitrogen and oxygen atoms in total. The molecule has 5 rings (SSSR count). The van der Waals surface area contributed by atoms with E-state index in [-0.39, 0.29) is 12.1 Å². The number of nitrogens with zero attached hydrogens (tertiary/aromatic N) is 1. The summed E-state index contributed by atoms with van der Waals surface area (Å²) in [5, 5.41) is 6.18. The normalized spacial score (nSPS) is 15.7. The molecular weight excluding hydrogens is 388 g/mol. The predicted molar refractivity (Wildman–Crippen MR) is 120 cm³/mol. The number of hydrogen-bond donors (Lipinski definition) is 1. The van der Waals surface area contributed by atoms with Gasteiger partial charge in [0.15, 0.2) is 0 Å². The maximum atomic E-state index is 13.2. The van der Waals surface area contributed by atoms with Gasteiger partial charge in [-0.25, -0.2) is 4.79 Å². The topological polar surface area (TPSA) is 66.5 Å². The third-order valence-corrected chi connectivity index (χ3v) is 5.47. The largest absolute Gasteiger partial charge is 0.331 e. The maximum Gasteiger partial charge on any atom is 0.331 e. The fourth-order valence-corrected chi connectivity index (χ4v) is 3.95. The number of barbiturate groups is 1. The van der Waals surface area contributed by atoms with Crippen LogP contribution in [0, 0.1) is 0 Å². The van der Waals surface area contributed by atoms with Crippen molar-refractivity contribution < 1.29 is 14.4 Å². The van der Waals surface area contributed by atoms with Gasteiger partial charge in [0.05, 0.1) is 6.54 Å². The minimum atomic E-state index is -0.709. The number of benzene rings is 4. The predicted octanol–water partition coefficient (Wildman–Crippen LogP) is 4.66. The van der Waals surface area contributed by atoms with Crippen LogP contribution in [0.3, 0.4) is 0 Å². The fraction of sp³-hybridized carbons (Fsp3) is 0.0385. The molecule has 0 aromatic heterocycles. The van der Waals surface area contributed by atoms with Crippen LogP contribution in [0.5, 0.6) is 0 Å². The lowest BCUT2D eigenvalue weighted by atomic mass is 9.94. The van der Waals surface area contributed by atoms with Crippen molar-refractivity contribution in [1.29, 1.82) is 0 Å². The molecule has 1 fully saturated rings. The number of nitrogens with one attached hydrogen (secondary N) is 1. The van der Waals surface area contributed by atoms with Crippen molar-refractivity contribution in [3.05, 3.63) is 102 Å². The van der Waals surface area contributed by atoms with Crippen LogP contribution in [0.2, 0.25) is 0 Å². The van der Waals surface area contributed by atoms with E-state index in [1.54, 1.807) is 6.08 Å². The number of hydrogen-bond acceptors (Lipinski definition) is 3. The van der Waals surface area contributed by atoms with Gasteiger partial charge in [0.25, 0.3) is 11.8 Å². The van der Waals surface area contributed by atoms with E-state index >= 15 is 0 Å². The van der Waals surface area contributed by atoms with E-state index in [0.717, 1.165) is 37.6 Å². The second-order valence-electron chi connectivity index (χ2n) is 7.43. The first kappa shape index (κ1) is 18.8. The van der Waals surface area contributed by atoms with Crippen molar-refractivity contribution in [3.8, 4) is 0 Å². The smallest absolute Gasteiger partial charge is 0.273 e. The molecule has 4 aromatic carbocycles. The van der Waals surface area contributed by atoms with Gasteiger partial charge in [0.1, 0.15) is 5.57 Å². The lowest BCUT2D eigenvalue weighted by molar-refractivity contribution is -0.130. The number of fused-ring (bicyclic) bond motifs is 2. The second kappa shape index (κ2) is 7.54. The molecule has 1 saturated heterocycles. The zero-order valence-corrected chi connectivity index (χ0v) is 16.5. The summed E-state index contributed by atoms with van der Waals surface area (Å²) in [7, 11) is 0. The molecule has 1 aliphatic rings. The molecule has 0 saturated carbocycles. The lowest BCUT2D eigenvalue weighted by Gasteiger charge is -2.26. The van der Waals surface area contributed by atoms with Crippen molar-refractivity contribution in [2.75, 3.05) is 0 Å². The first-order chi connectivity index (χ1) is 15.1. The van der Waals surface area contributed by atoms with Crippen LogP contribution in [-0.2, 0) is 16.1 Å². The Morgan fingerprint density at radius 3 is 1.97 bits per heavy atom. The molecular formula is C26H18N2O3. The Balaban J connectivity index is 1.65. The van der Waals surface area contributed by atoms with Gasteiger partial charge >= 0.3 is 6.03 Å². The summed E-state index contributed by atoms with van der Waals surface area (Å²) in [5.41, 5.74) is 1.52. The summed E-state index contributed by atoms with van der Waals surface area (Å²) in [6, 6.07) is 26.3. The van der Waals surface area contributed by atoms with Gasteiger partial charge in [0, 0.05) is 0 Å². The van der Waals surface area contributed by atoms with Crippen LogP contribution in [0.25, 0.3) is 27.6 Å². The third-order valence-electron chi connectivity index (χ3n) is 5.47. The van der Waals surface area contributed by atoms with E-state index in [2.05, 4.69) is 11.4 Å². The van der Waals surface area contributed by atoms with Crippen molar-refractivity contribution in [3.63, 3.8) is 0 Å². The van der Waals surface area contributed by atoms with Crippen LogP contribution in [0.1, 0.15) is 11.1 Å². The van der Waals surface area contributed by atoms with Crippen LogP contribution in [0.15, 0.2) is 90.5 Å². The average molecular weight is 406 g/mol. The Kier molecular flexibility index (Phi) is 4.56. The van der Waals surface area contributed by atoms with Crippen molar-refractivity contribution in [1.82, 2.24) is 10.2 Å². The molecule has 0 spiro atoms. The van der Waals surface area contributed by atoms with Gasteiger partial charge in [-0.15, -0.1) is 0 Å². The molecule has 4 aromatic rings. The summed E-state index contributed by atoms with van der Waals surface area (Å²) < 4.78 is 0. The highest BCUT2D eigenvalue weighted by atomic mass is 16.2. The highest BCUT2D eigenvalue weighted by molar-refractivity contribution is 6.31. The van der Waals surface area contributed by atoms with Crippen molar-refractivity contribution in [2.24, 2.45) is 0 Å². The molecule has 0 radical (unpaired) electrons. The quantitative estimate of drug-likeness (QED) is 0.306. The molecule has 150 valence electrons. The molecule has 0 bridgehead atoms. The van der Waals surface area contributed by atoms with E-state index in [1.807, 2.05) is 78.9 Å². The number of amides is 4. The zero-order valence-electron chi connectivity index (χ0n) is 16.5. The minimum Gasteiger partial charge on any atom is -0.273 e. The first-order valence-electron chi connectivity index (χ1n) is 9.95. The summed E-state index contributed by atoms with van der Waals surface area (Å²) in [6.45, 7) is 0.0897. The molecule has 1 aliphatic heterocycles. The summed E-state index contributed by atoms with van der Waals surface area (Å²) in [6.07, 6.45) is 1.60. The van der Waals surface area contributed by atoms with E-state index in [0.29, 0.717) is 0 Å². The van der Waals surface area contributed by atoms with Crippen molar-refractivity contribution >= 4 is 45.5 Å². The van der Waals surface area contributed by atoms with Gasteiger partial charge in [-0.2, -0.15) is 0 Å². The molecule has 4 amide bonds. The Labute approximate surface area is 178 Å². The minimum absolute atomic E-state index is 0.0583. The molecule has 0 unspecified atom stereocenters. The number of rotatable bonds is 3. The van der Waals surface area contributed by atoms with E-state index < -0.39 is 17.8 Å². The van der Waals surface area contributed by atoms with Crippen LogP contribution in [0.4, 0.5) is 4.79 Å². The summed E-state index contributed by atoms with van der Waals surface area (Å²) in [5.74, 6) is -1.29.